The fourth-order valence-electron chi connectivity index (χ4n) is 2.19. The van der Waals surface area contributed by atoms with Crippen LogP contribution in [-0.2, 0) is 4.79 Å². The molecule has 0 aromatic rings. The van der Waals surface area contributed by atoms with Crippen molar-refractivity contribution in [2.45, 2.75) is 39.5 Å². The molecular formula is C13H25N3O. The van der Waals surface area contributed by atoms with Gasteiger partial charge in [-0.25, -0.2) is 0 Å². The van der Waals surface area contributed by atoms with E-state index in [0.717, 1.165) is 44.5 Å². The maximum atomic E-state index is 12.3. The molecule has 0 saturated carbocycles. The van der Waals surface area contributed by atoms with Gasteiger partial charge in [-0.05, 0) is 19.3 Å². The zero-order chi connectivity index (χ0) is 12.8. The Hall–Kier alpha value is -1.06. The van der Waals surface area contributed by atoms with Crippen LogP contribution in [0.2, 0.25) is 0 Å². The Bertz CT molecular complexity index is 286. The van der Waals surface area contributed by atoms with Gasteiger partial charge in [-0.2, -0.15) is 5.10 Å². The van der Waals surface area contributed by atoms with Crippen LogP contribution in [0.5, 0.6) is 0 Å². The van der Waals surface area contributed by atoms with Gasteiger partial charge in [-0.15, -0.1) is 0 Å². The highest BCUT2D eigenvalue weighted by atomic mass is 16.2. The lowest BCUT2D eigenvalue weighted by Crippen LogP contribution is -2.47. The second-order valence-corrected chi connectivity index (χ2v) is 4.87. The zero-order valence-electron chi connectivity index (χ0n) is 11.6. The topological polar surface area (TPSA) is 35.9 Å². The molecule has 0 aromatic carbocycles. The Morgan fingerprint density at radius 2 is 2.12 bits per heavy atom. The van der Waals surface area contributed by atoms with Crippen LogP contribution in [0.1, 0.15) is 39.5 Å². The van der Waals surface area contributed by atoms with Crippen molar-refractivity contribution < 1.29 is 4.79 Å². The van der Waals surface area contributed by atoms with E-state index in [0.29, 0.717) is 5.92 Å². The van der Waals surface area contributed by atoms with E-state index in [9.17, 15) is 4.79 Å². The molecule has 0 radical (unpaired) electrons. The van der Waals surface area contributed by atoms with Gasteiger partial charge in [-0.3, -0.25) is 4.79 Å². The lowest BCUT2D eigenvalue weighted by molar-refractivity contribution is -0.125. The number of amides is 1. The number of hydrogen-bond acceptors (Lipinski definition) is 3. The molecule has 98 valence electrons. The lowest BCUT2D eigenvalue weighted by Gasteiger charge is -2.32. The highest BCUT2D eigenvalue weighted by molar-refractivity contribution is 6.40. The highest BCUT2D eigenvalue weighted by Gasteiger charge is 2.31. The van der Waals surface area contributed by atoms with Crippen molar-refractivity contribution in [3.63, 3.8) is 0 Å². The third-order valence-electron chi connectivity index (χ3n) is 3.22. The minimum absolute atomic E-state index is 0.144. The van der Waals surface area contributed by atoms with E-state index in [1.54, 1.807) is 5.01 Å². The molecule has 1 unspecified atom stereocenters. The molecule has 0 aliphatic carbocycles. The van der Waals surface area contributed by atoms with Crippen molar-refractivity contribution in [2.75, 3.05) is 27.2 Å². The van der Waals surface area contributed by atoms with Gasteiger partial charge in [0.15, 0.2) is 0 Å². The van der Waals surface area contributed by atoms with Crippen LogP contribution in [-0.4, -0.2) is 48.7 Å². The number of rotatable bonds is 5. The predicted molar refractivity (Wildman–Crippen MR) is 71.0 cm³/mol. The van der Waals surface area contributed by atoms with Crippen LogP contribution in [0.3, 0.4) is 0 Å². The minimum Gasteiger partial charge on any atom is -0.338 e. The van der Waals surface area contributed by atoms with Crippen molar-refractivity contribution in [3.05, 3.63) is 0 Å². The second kappa shape index (κ2) is 6.62. The summed E-state index contributed by atoms with van der Waals surface area (Å²) in [6.07, 6.45) is 4.26. The second-order valence-electron chi connectivity index (χ2n) is 4.87. The van der Waals surface area contributed by atoms with E-state index >= 15 is 0 Å². The van der Waals surface area contributed by atoms with Gasteiger partial charge in [0, 0.05) is 33.1 Å². The van der Waals surface area contributed by atoms with Crippen LogP contribution in [0, 0.1) is 5.92 Å². The Labute approximate surface area is 105 Å². The molecule has 4 heteroatoms. The van der Waals surface area contributed by atoms with Crippen LogP contribution < -0.4 is 0 Å². The first-order valence-corrected chi connectivity index (χ1v) is 6.65. The van der Waals surface area contributed by atoms with E-state index in [-0.39, 0.29) is 5.91 Å². The summed E-state index contributed by atoms with van der Waals surface area (Å²) in [7, 11) is 3.75. The fraction of sp³-hybridized carbons (Fsp3) is 0.846. The molecule has 0 spiro atoms. The van der Waals surface area contributed by atoms with E-state index < -0.39 is 0 Å². The van der Waals surface area contributed by atoms with Gasteiger partial charge in [0.2, 0.25) is 0 Å². The van der Waals surface area contributed by atoms with Crippen molar-refractivity contribution in [1.29, 1.82) is 0 Å². The molecule has 1 saturated heterocycles. The van der Waals surface area contributed by atoms with Gasteiger partial charge in [0.25, 0.3) is 5.91 Å². The number of piperidine rings is 1. The average Bonchev–Trinajstić information content (AvgIpc) is 2.30. The summed E-state index contributed by atoms with van der Waals surface area (Å²) < 4.78 is 0. The normalized spacial score (nSPS) is 23.3. The maximum Gasteiger partial charge on any atom is 0.270 e. The molecule has 4 nitrogen and oxygen atoms in total. The van der Waals surface area contributed by atoms with Crippen molar-refractivity contribution in [1.82, 2.24) is 9.91 Å². The largest absolute Gasteiger partial charge is 0.338 e. The molecule has 1 rings (SSSR count). The molecule has 1 fully saturated rings. The molecular weight excluding hydrogens is 214 g/mol. The van der Waals surface area contributed by atoms with Gasteiger partial charge in [0.05, 0.1) is 0 Å². The summed E-state index contributed by atoms with van der Waals surface area (Å²) in [5.41, 5.74) is 0.750. The average molecular weight is 239 g/mol. The van der Waals surface area contributed by atoms with Gasteiger partial charge in [0.1, 0.15) is 5.71 Å². The Morgan fingerprint density at radius 3 is 2.65 bits per heavy atom. The molecule has 1 aliphatic rings. The Balaban J connectivity index is 2.77. The van der Waals surface area contributed by atoms with Gasteiger partial charge < -0.3 is 9.91 Å². The van der Waals surface area contributed by atoms with Crippen LogP contribution in [0.15, 0.2) is 5.10 Å². The first-order valence-electron chi connectivity index (χ1n) is 6.65. The number of hydrazone groups is 1. The number of likely N-dealkylation sites (tertiary alicyclic amines) is 1. The first kappa shape index (κ1) is 14.0. The SMILES string of the molecule is CCCCN1CCC(CC)/C(=N\N(C)C)C1=O. The molecule has 0 N–H and O–H groups in total. The van der Waals surface area contributed by atoms with E-state index in [1.807, 2.05) is 19.0 Å². The maximum absolute atomic E-state index is 12.3. The van der Waals surface area contributed by atoms with E-state index in [4.69, 9.17) is 0 Å². The zero-order valence-corrected chi connectivity index (χ0v) is 11.6. The Morgan fingerprint density at radius 1 is 1.41 bits per heavy atom. The first-order chi connectivity index (χ1) is 8.10. The number of carbonyl (C=O) groups excluding carboxylic acids is 1. The van der Waals surface area contributed by atoms with Crippen LogP contribution in [0.4, 0.5) is 0 Å². The molecule has 0 aromatic heterocycles. The van der Waals surface area contributed by atoms with Crippen molar-refractivity contribution in [2.24, 2.45) is 11.0 Å². The van der Waals surface area contributed by atoms with Crippen molar-refractivity contribution >= 4 is 11.6 Å². The summed E-state index contributed by atoms with van der Waals surface area (Å²) in [5.74, 6) is 0.480. The standard InChI is InChI=1S/C13H25N3O/c1-5-7-9-16-10-8-11(6-2)12(13(16)17)14-15(3)4/h11H,5-10H2,1-4H3/b14-12+. The smallest absolute Gasteiger partial charge is 0.270 e. The number of hydrogen-bond donors (Lipinski definition) is 0. The summed E-state index contributed by atoms with van der Waals surface area (Å²) in [6, 6.07) is 0. The summed E-state index contributed by atoms with van der Waals surface area (Å²) in [4.78, 5) is 14.3. The highest BCUT2D eigenvalue weighted by Crippen LogP contribution is 2.20. The van der Waals surface area contributed by atoms with E-state index in [1.165, 1.54) is 0 Å². The summed E-state index contributed by atoms with van der Waals surface area (Å²) >= 11 is 0. The quantitative estimate of drug-likeness (QED) is 0.688. The van der Waals surface area contributed by atoms with Gasteiger partial charge >= 0.3 is 0 Å². The van der Waals surface area contributed by atoms with Gasteiger partial charge in [-0.1, -0.05) is 20.3 Å². The number of carbonyl (C=O) groups is 1. The van der Waals surface area contributed by atoms with Crippen LogP contribution in [0.25, 0.3) is 0 Å². The van der Waals surface area contributed by atoms with E-state index in [2.05, 4.69) is 18.9 Å². The number of unbranched alkanes of at least 4 members (excludes halogenated alkanes) is 1. The summed E-state index contributed by atoms with van der Waals surface area (Å²) in [5, 5.41) is 6.12. The molecule has 1 heterocycles. The summed E-state index contributed by atoms with van der Waals surface area (Å²) in [6.45, 7) is 6.05. The molecule has 17 heavy (non-hydrogen) atoms. The third kappa shape index (κ3) is 3.72. The molecule has 0 bridgehead atoms. The minimum atomic E-state index is 0.144. The van der Waals surface area contributed by atoms with Crippen molar-refractivity contribution in [3.8, 4) is 0 Å². The molecule has 1 amide bonds. The third-order valence-corrected chi connectivity index (χ3v) is 3.22. The monoisotopic (exact) mass is 239 g/mol. The molecule has 1 atom stereocenters. The predicted octanol–water partition coefficient (Wildman–Crippen LogP) is 1.96. The number of nitrogens with zero attached hydrogens (tertiary/aromatic N) is 3. The molecule has 1 aliphatic heterocycles. The lowest BCUT2D eigenvalue weighted by atomic mass is 9.91. The Kier molecular flexibility index (Phi) is 5.45. The van der Waals surface area contributed by atoms with Crippen LogP contribution >= 0.6 is 0 Å². The fourth-order valence-corrected chi connectivity index (χ4v) is 2.19.